The largest absolute Gasteiger partial charge is 0.480 e. The van der Waals surface area contributed by atoms with Crippen molar-refractivity contribution in [3.8, 4) is 0 Å². The average molecular weight is 278 g/mol. The highest BCUT2D eigenvalue weighted by atomic mass is 16.5. The Labute approximate surface area is 117 Å². The number of carbonyl (C=O) groups excluding carboxylic acids is 1. The van der Waals surface area contributed by atoms with E-state index in [1.54, 1.807) is 13.2 Å². The van der Waals surface area contributed by atoms with Crippen LogP contribution in [0, 0.1) is 0 Å². The lowest BCUT2D eigenvalue weighted by molar-refractivity contribution is -0.137. The number of aliphatic carboxylic acids is 1. The number of ether oxygens (including phenoxy) is 1. The van der Waals surface area contributed by atoms with Crippen LogP contribution >= 0.6 is 0 Å². The fraction of sp³-hybridized carbons (Fsp3) is 0.429. The number of carboxylic acid groups (broad SMARTS) is 1. The third-order valence-electron chi connectivity index (χ3n) is 3.11. The second kappa shape index (κ2) is 6.38. The Kier molecular flexibility index (Phi) is 4.57. The molecule has 2 rings (SSSR count). The van der Waals surface area contributed by atoms with Crippen LogP contribution in [0.2, 0.25) is 0 Å². The van der Waals surface area contributed by atoms with Crippen molar-refractivity contribution in [1.82, 2.24) is 4.90 Å². The molecule has 1 aliphatic carbocycles. The number of hydrogen-bond acceptors (Lipinski definition) is 3. The molecule has 2 N–H and O–H groups in total. The number of urea groups is 1. The molecule has 1 aromatic rings. The Hall–Kier alpha value is -2.08. The summed E-state index contributed by atoms with van der Waals surface area (Å²) in [5.74, 6) is -1.00. The Morgan fingerprint density at radius 3 is 2.70 bits per heavy atom. The first-order valence-electron chi connectivity index (χ1n) is 6.48. The van der Waals surface area contributed by atoms with Gasteiger partial charge in [-0.15, -0.1) is 0 Å². The Bertz CT molecular complexity index is 500. The molecule has 1 fully saturated rings. The number of para-hydroxylation sites is 1. The van der Waals surface area contributed by atoms with E-state index in [9.17, 15) is 9.59 Å². The van der Waals surface area contributed by atoms with Gasteiger partial charge in [-0.1, -0.05) is 18.2 Å². The monoisotopic (exact) mass is 278 g/mol. The van der Waals surface area contributed by atoms with Crippen LogP contribution in [0.5, 0.6) is 0 Å². The van der Waals surface area contributed by atoms with Crippen LogP contribution in [-0.4, -0.2) is 41.7 Å². The molecule has 20 heavy (non-hydrogen) atoms. The van der Waals surface area contributed by atoms with Gasteiger partial charge in [-0.3, -0.25) is 4.79 Å². The van der Waals surface area contributed by atoms with Gasteiger partial charge in [0.25, 0.3) is 0 Å². The lowest BCUT2D eigenvalue weighted by Gasteiger charge is -2.21. The van der Waals surface area contributed by atoms with Gasteiger partial charge in [0.15, 0.2) is 0 Å². The van der Waals surface area contributed by atoms with Crippen molar-refractivity contribution in [2.24, 2.45) is 0 Å². The zero-order chi connectivity index (χ0) is 14.5. The molecule has 0 bridgehead atoms. The molecule has 0 unspecified atom stereocenters. The number of anilines is 1. The first-order chi connectivity index (χ1) is 9.61. The van der Waals surface area contributed by atoms with E-state index < -0.39 is 5.97 Å². The molecule has 2 amide bonds. The van der Waals surface area contributed by atoms with E-state index in [1.165, 1.54) is 4.90 Å². The minimum atomic E-state index is -1.00. The summed E-state index contributed by atoms with van der Waals surface area (Å²) >= 11 is 0. The summed E-state index contributed by atoms with van der Waals surface area (Å²) in [6, 6.07) is 6.97. The van der Waals surface area contributed by atoms with E-state index in [4.69, 9.17) is 9.84 Å². The molecule has 6 nitrogen and oxygen atoms in total. The zero-order valence-corrected chi connectivity index (χ0v) is 11.3. The standard InChI is InChI=1S/C14H18N2O4/c1-20-9-10-4-2-3-5-12(10)15-14(19)16(8-13(17)18)11-6-7-11/h2-5,11H,6-9H2,1H3,(H,15,19)(H,17,18). The number of carboxylic acids is 1. The molecule has 1 aliphatic rings. The van der Waals surface area contributed by atoms with Crippen LogP contribution in [0.4, 0.5) is 10.5 Å². The van der Waals surface area contributed by atoms with E-state index in [0.29, 0.717) is 12.3 Å². The molecule has 0 heterocycles. The maximum absolute atomic E-state index is 12.2. The Balaban J connectivity index is 2.07. The van der Waals surface area contributed by atoms with Crippen LogP contribution in [0.3, 0.4) is 0 Å². The van der Waals surface area contributed by atoms with E-state index in [0.717, 1.165) is 18.4 Å². The number of carbonyl (C=O) groups is 2. The van der Waals surface area contributed by atoms with Gasteiger partial charge in [0.1, 0.15) is 6.54 Å². The van der Waals surface area contributed by atoms with Gasteiger partial charge < -0.3 is 20.1 Å². The maximum atomic E-state index is 12.2. The lowest BCUT2D eigenvalue weighted by Crippen LogP contribution is -2.40. The van der Waals surface area contributed by atoms with Crippen molar-refractivity contribution < 1.29 is 19.4 Å². The summed E-state index contributed by atoms with van der Waals surface area (Å²) in [7, 11) is 1.58. The number of benzene rings is 1. The van der Waals surface area contributed by atoms with Crippen LogP contribution in [-0.2, 0) is 16.1 Å². The summed E-state index contributed by atoms with van der Waals surface area (Å²) in [4.78, 5) is 24.4. The van der Waals surface area contributed by atoms with E-state index in [1.807, 2.05) is 18.2 Å². The molecule has 0 spiro atoms. The van der Waals surface area contributed by atoms with Crippen molar-refractivity contribution in [1.29, 1.82) is 0 Å². The van der Waals surface area contributed by atoms with Crippen LogP contribution in [0.15, 0.2) is 24.3 Å². The summed E-state index contributed by atoms with van der Waals surface area (Å²) in [6.45, 7) is 0.113. The fourth-order valence-electron chi connectivity index (χ4n) is 2.01. The molecular weight excluding hydrogens is 260 g/mol. The summed E-state index contributed by atoms with van der Waals surface area (Å²) in [6.07, 6.45) is 1.72. The quantitative estimate of drug-likeness (QED) is 0.833. The molecule has 0 atom stereocenters. The van der Waals surface area contributed by atoms with Gasteiger partial charge in [0.2, 0.25) is 0 Å². The maximum Gasteiger partial charge on any atom is 0.323 e. The number of amides is 2. The highest BCUT2D eigenvalue weighted by molar-refractivity contribution is 5.92. The minimum absolute atomic E-state index is 0.0423. The smallest absolute Gasteiger partial charge is 0.323 e. The fourth-order valence-corrected chi connectivity index (χ4v) is 2.01. The second-order valence-corrected chi connectivity index (χ2v) is 4.77. The highest BCUT2D eigenvalue weighted by Crippen LogP contribution is 2.27. The predicted molar refractivity (Wildman–Crippen MR) is 73.5 cm³/mol. The lowest BCUT2D eigenvalue weighted by atomic mass is 10.2. The molecule has 0 aromatic heterocycles. The second-order valence-electron chi connectivity index (χ2n) is 4.77. The van der Waals surface area contributed by atoms with Gasteiger partial charge in [-0.05, 0) is 18.9 Å². The molecule has 0 aliphatic heterocycles. The van der Waals surface area contributed by atoms with Gasteiger partial charge in [0, 0.05) is 24.4 Å². The minimum Gasteiger partial charge on any atom is -0.480 e. The van der Waals surface area contributed by atoms with Crippen LogP contribution in [0.25, 0.3) is 0 Å². The number of hydrogen-bond donors (Lipinski definition) is 2. The number of nitrogens with one attached hydrogen (secondary N) is 1. The molecule has 1 aromatic carbocycles. The van der Waals surface area contributed by atoms with Gasteiger partial charge >= 0.3 is 12.0 Å². The van der Waals surface area contributed by atoms with Gasteiger partial charge in [-0.2, -0.15) is 0 Å². The van der Waals surface area contributed by atoms with E-state index in [-0.39, 0.29) is 18.6 Å². The zero-order valence-electron chi connectivity index (χ0n) is 11.3. The third-order valence-corrected chi connectivity index (χ3v) is 3.11. The molecule has 6 heteroatoms. The normalized spacial score (nSPS) is 13.8. The predicted octanol–water partition coefficient (Wildman–Crippen LogP) is 1.91. The van der Waals surface area contributed by atoms with Crippen LogP contribution in [0.1, 0.15) is 18.4 Å². The number of methoxy groups -OCH3 is 1. The molecule has 0 saturated heterocycles. The first-order valence-corrected chi connectivity index (χ1v) is 6.48. The summed E-state index contributed by atoms with van der Waals surface area (Å²) in [5, 5.41) is 11.6. The van der Waals surface area contributed by atoms with E-state index >= 15 is 0 Å². The number of rotatable bonds is 6. The molecular formula is C14H18N2O4. The van der Waals surface area contributed by atoms with Gasteiger partial charge in [-0.25, -0.2) is 4.79 Å². The van der Waals surface area contributed by atoms with Crippen molar-refractivity contribution >= 4 is 17.7 Å². The Morgan fingerprint density at radius 2 is 2.10 bits per heavy atom. The molecule has 0 radical (unpaired) electrons. The van der Waals surface area contributed by atoms with Crippen molar-refractivity contribution in [3.05, 3.63) is 29.8 Å². The van der Waals surface area contributed by atoms with Crippen molar-refractivity contribution in [2.45, 2.75) is 25.5 Å². The SMILES string of the molecule is COCc1ccccc1NC(=O)N(CC(=O)O)C1CC1. The van der Waals surface area contributed by atoms with Crippen LogP contribution < -0.4 is 5.32 Å². The van der Waals surface area contributed by atoms with Crippen molar-refractivity contribution in [3.63, 3.8) is 0 Å². The van der Waals surface area contributed by atoms with Crippen molar-refractivity contribution in [2.75, 3.05) is 19.0 Å². The third kappa shape index (κ3) is 3.71. The Morgan fingerprint density at radius 1 is 1.40 bits per heavy atom. The van der Waals surface area contributed by atoms with Gasteiger partial charge in [0.05, 0.1) is 6.61 Å². The first kappa shape index (κ1) is 14.3. The summed E-state index contributed by atoms with van der Waals surface area (Å²) < 4.78 is 5.08. The summed E-state index contributed by atoms with van der Waals surface area (Å²) in [5.41, 5.74) is 1.50. The average Bonchev–Trinajstić information content (AvgIpc) is 3.22. The molecule has 108 valence electrons. The highest BCUT2D eigenvalue weighted by Gasteiger charge is 2.34. The van der Waals surface area contributed by atoms with E-state index in [2.05, 4.69) is 5.32 Å². The molecule has 1 saturated carbocycles. The topological polar surface area (TPSA) is 78.9 Å². The number of nitrogens with zero attached hydrogens (tertiary/aromatic N) is 1.